The van der Waals surface area contributed by atoms with E-state index in [1.807, 2.05) is 27.7 Å². The summed E-state index contributed by atoms with van der Waals surface area (Å²) in [5.74, 6) is -6.97. The van der Waals surface area contributed by atoms with Crippen LogP contribution in [0.5, 0.6) is 11.5 Å². The zero-order valence-corrected chi connectivity index (χ0v) is 29.9. The fourth-order valence-corrected chi connectivity index (χ4v) is 6.11. The lowest BCUT2D eigenvalue weighted by Gasteiger charge is -2.35. The quantitative estimate of drug-likeness (QED) is 0.104. The number of amides is 2. The number of nitrogens with one attached hydrogen (secondary N) is 1. The molecule has 14 heteroatoms. The number of halogens is 2. The van der Waals surface area contributed by atoms with E-state index in [1.54, 1.807) is 30.3 Å². The van der Waals surface area contributed by atoms with Crippen LogP contribution in [0.25, 0.3) is 0 Å². The standard InChI is InChI=1S/C38H44F2N2O10/c1-21(2)26-17-24(18-27(22(3)4)34(26)51-20-49-6)35(44)41-32-25(33(43)30-29(50-19-48-5)15-14-28(39)31(30)40)13-10-16-42(38(46)47)36(32)52-37(45)23-11-8-7-9-12-23/h7-9,11-12,14-15,17-18,21-22,25,32,36H,10,13,16,19-20H2,1-6H3,(H,41,44)(H,46,47). The van der Waals surface area contributed by atoms with Crippen molar-refractivity contribution in [3.05, 3.63) is 94.0 Å². The first-order chi connectivity index (χ1) is 24.8. The Morgan fingerprint density at radius 2 is 1.50 bits per heavy atom. The summed E-state index contributed by atoms with van der Waals surface area (Å²) in [6.07, 6.45) is -3.34. The van der Waals surface area contributed by atoms with Gasteiger partial charge in [-0.2, -0.15) is 0 Å². The average molecular weight is 727 g/mol. The number of carboxylic acid groups (broad SMARTS) is 1. The van der Waals surface area contributed by atoms with Crippen molar-refractivity contribution in [2.75, 3.05) is 34.4 Å². The molecule has 0 aromatic heterocycles. The lowest BCUT2D eigenvalue weighted by Crippen LogP contribution is -2.58. The molecule has 3 aromatic rings. The first-order valence-corrected chi connectivity index (χ1v) is 16.8. The molecule has 0 spiro atoms. The number of ketones is 1. The van der Waals surface area contributed by atoms with Crippen molar-refractivity contribution >= 4 is 23.8 Å². The Hall–Kier alpha value is -5.08. The van der Waals surface area contributed by atoms with Crippen molar-refractivity contribution in [1.29, 1.82) is 0 Å². The SMILES string of the molecule is COCOc1ccc(F)c(F)c1C(=O)C1CCCN(C(=O)O)C(OC(=O)c2ccccc2)C1NC(=O)c1cc(C(C)C)c(OCOC)c(C(C)C)c1. The number of hydrogen-bond acceptors (Lipinski definition) is 9. The molecule has 3 atom stereocenters. The maximum Gasteiger partial charge on any atom is 0.410 e. The second-order valence-electron chi connectivity index (χ2n) is 12.9. The van der Waals surface area contributed by atoms with E-state index in [4.69, 9.17) is 23.7 Å². The van der Waals surface area contributed by atoms with Crippen LogP contribution in [0.3, 0.4) is 0 Å². The maximum absolute atomic E-state index is 15.5. The zero-order valence-electron chi connectivity index (χ0n) is 29.9. The molecule has 1 heterocycles. The van der Waals surface area contributed by atoms with E-state index in [1.165, 1.54) is 26.4 Å². The summed E-state index contributed by atoms with van der Waals surface area (Å²) in [5, 5.41) is 13.1. The molecule has 1 aliphatic heterocycles. The van der Waals surface area contributed by atoms with Crippen LogP contribution >= 0.6 is 0 Å². The molecular weight excluding hydrogens is 682 g/mol. The average Bonchev–Trinajstić information content (AvgIpc) is 3.29. The van der Waals surface area contributed by atoms with E-state index >= 15 is 4.39 Å². The fraction of sp³-hybridized carbons (Fsp3) is 0.421. The summed E-state index contributed by atoms with van der Waals surface area (Å²) in [5.41, 5.74) is 0.822. The van der Waals surface area contributed by atoms with Gasteiger partial charge in [-0.15, -0.1) is 0 Å². The van der Waals surface area contributed by atoms with Crippen LogP contribution < -0.4 is 14.8 Å². The Balaban J connectivity index is 1.89. The summed E-state index contributed by atoms with van der Waals surface area (Å²) in [4.78, 5) is 55.7. The molecule has 1 fully saturated rings. The van der Waals surface area contributed by atoms with E-state index in [0.29, 0.717) is 16.9 Å². The summed E-state index contributed by atoms with van der Waals surface area (Å²) >= 11 is 0. The molecule has 0 radical (unpaired) electrons. The monoisotopic (exact) mass is 726 g/mol. The van der Waals surface area contributed by atoms with Gasteiger partial charge in [0.1, 0.15) is 11.5 Å². The summed E-state index contributed by atoms with van der Waals surface area (Å²) in [6.45, 7) is 7.02. The number of carbonyl (C=O) groups excluding carboxylic acids is 3. The van der Waals surface area contributed by atoms with Gasteiger partial charge in [-0.05, 0) is 72.2 Å². The molecule has 0 aliphatic carbocycles. The van der Waals surface area contributed by atoms with Gasteiger partial charge in [0.2, 0.25) is 6.23 Å². The molecular formula is C38H44F2N2O10. The molecule has 3 unspecified atom stereocenters. The van der Waals surface area contributed by atoms with E-state index in [9.17, 15) is 28.7 Å². The molecule has 3 aromatic carbocycles. The molecule has 4 rings (SSSR count). The minimum Gasteiger partial charge on any atom is -0.467 e. The number of carbonyl (C=O) groups is 4. The summed E-state index contributed by atoms with van der Waals surface area (Å²) < 4.78 is 57.4. The van der Waals surface area contributed by atoms with Crippen LogP contribution in [0.2, 0.25) is 0 Å². The highest BCUT2D eigenvalue weighted by Crippen LogP contribution is 2.37. The van der Waals surface area contributed by atoms with Crippen LogP contribution in [0.4, 0.5) is 13.6 Å². The van der Waals surface area contributed by atoms with Crippen molar-refractivity contribution in [2.45, 2.75) is 64.6 Å². The van der Waals surface area contributed by atoms with Gasteiger partial charge in [0.15, 0.2) is 31.0 Å². The fourth-order valence-electron chi connectivity index (χ4n) is 6.11. The smallest absolute Gasteiger partial charge is 0.410 e. The van der Waals surface area contributed by atoms with Crippen LogP contribution in [-0.4, -0.2) is 80.4 Å². The van der Waals surface area contributed by atoms with Gasteiger partial charge in [-0.1, -0.05) is 45.9 Å². The van der Waals surface area contributed by atoms with Crippen LogP contribution in [0, 0.1) is 17.6 Å². The Bertz CT molecular complexity index is 1720. The molecule has 52 heavy (non-hydrogen) atoms. The van der Waals surface area contributed by atoms with Crippen molar-refractivity contribution in [3.8, 4) is 11.5 Å². The van der Waals surface area contributed by atoms with E-state index < -0.39 is 65.9 Å². The van der Waals surface area contributed by atoms with Gasteiger partial charge in [0, 0.05) is 32.2 Å². The minimum atomic E-state index is -1.77. The van der Waals surface area contributed by atoms with Crippen molar-refractivity contribution in [1.82, 2.24) is 10.2 Å². The largest absolute Gasteiger partial charge is 0.467 e. The summed E-state index contributed by atoms with van der Waals surface area (Å²) in [6, 6.07) is 11.3. The summed E-state index contributed by atoms with van der Waals surface area (Å²) in [7, 11) is 2.79. The highest BCUT2D eigenvalue weighted by atomic mass is 19.2. The van der Waals surface area contributed by atoms with Crippen LogP contribution in [0.15, 0.2) is 54.6 Å². The molecule has 1 saturated heterocycles. The third-order valence-electron chi connectivity index (χ3n) is 8.69. The third-order valence-corrected chi connectivity index (χ3v) is 8.69. The Labute approximate surface area is 300 Å². The first kappa shape index (κ1) is 39.7. The molecule has 12 nitrogen and oxygen atoms in total. The van der Waals surface area contributed by atoms with Gasteiger partial charge in [-0.3, -0.25) is 14.5 Å². The normalized spacial score (nSPS) is 17.4. The molecule has 2 amide bonds. The number of ether oxygens (including phenoxy) is 5. The second-order valence-corrected chi connectivity index (χ2v) is 12.9. The Kier molecular flexibility index (Phi) is 13.7. The lowest BCUT2D eigenvalue weighted by molar-refractivity contribution is -0.0416. The minimum absolute atomic E-state index is 0.0386. The number of esters is 1. The van der Waals surface area contributed by atoms with Crippen LogP contribution in [0.1, 0.15) is 94.6 Å². The highest BCUT2D eigenvalue weighted by Gasteiger charge is 2.46. The third kappa shape index (κ3) is 9.04. The number of likely N-dealkylation sites (tertiary alicyclic amines) is 1. The number of Topliss-reactive ketones (excluding diaryl/α,β-unsaturated/α-hetero) is 1. The van der Waals surface area contributed by atoms with E-state index in [-0.39, 0.29) is 54.9 Å². The number of methoxy groups -OCH3 is 2. The van der Waals surface area contributed by atoms with Crippen molar-refractivity contribution in [3.63, 3.8) is 0 Å². The van der Waals surface area contributed by atoms with E-state index in [0.717, 1.165) is 17.0 Å². The number of benzene rings is 3. The predicted octanol–water partition coefficient (Wildman–Crippen LogP) is 6.73. The van der Waals surface area contributed by atoms with Gasteiger partial charge >= 0.3 is 12.1 Å². The zero-order chi connectivity index (χ0) is 38.1. The number of rotatable bonds is 14. The van der Waals surface area contributed by atoms with Crippen molar-refractivity contribution < 1.29 is 56.7 Å². The first-order valence-electron chi connectivity index (χ1n) is 16.8. The molecule has 0 saturated carbocycles. The Morgan fingerprint density at radius 1 is 0.885 bits per heavy atom. The maximum atomic E-state index is 15.5. The molecule has 1 aliphatic rings. The van der Waals surface area contributed by atoms with E-state index in [2.05, 4.69) is 5.32 Å². The van der Waals surface area contributed by atoms with Crippen molar-refractivity contribution in [2.24, 2.45) is 5.92 Å². The van der Waals surface area contributed by atoms with Gasteiger partial charge < -0.3 is 34.1 Å². The molecule has 2 N–H and O–H groups in total. The second kappa shape index (κ2) is 17.9. The topological polar surface area (TPSA) is 150 Å². The molecule has 280 valence electrons. The highest BCUT2D eigenvalue weighted by molar-refractivity contribution is 6.02. The predicted molar refractivity (Wildman–Crippen MR) is 185 cm³/mol. The van der Waals surface area contributed by atoms with Gasteiger partial charge in [0.25, 0.3) is 5.91 Å². The number of nitrogens with zero attached hydrogens (tertiary/aromatic N) is 1. The Morgan fingerprint density at radius 3 is 2.08 bits per heavy atom. The van der Waals surface area contributed by atoms with Gasteiger partial charge in [0.05, 0.1) is 17.2 Å². The lowest BCUT2D eigenvalue weighted by atomic mass is 9.85. The van der Waals surface area contributed by atoms with Crippen LogP contribution in [-0.2, 0) is 14.2 Å². The molecule has 0 bridgehead atoms. The van der Waals surface area contributed by atoms with Gasteiger partial charge in [-0.25, -0.2) is 18.4 Å². The number of hydrogen-bond donors (Lipinski definition) is 2.